The lowest BCUT2D eigenvalue weighted by Crippen LogP contribution is -2.43. The van der Waals surface area contributed by atoms with E-state index in [4.69, 9.17) is 0 Å². The summed E-state index contributed by atoms with van der Waals surface area (Å²) < 4.78 is 0. The van der Waals surface area contributed by atoms with Gasteiger partial charge in [0, 0.05) is 54.7 Å². The molecule has 3 aromatic rings. The predicted molar refractivity (Wildman–Crippen MR) is 116 cm³/mol. The molecule has 2 amide bonds. The lowest BCUT2D eigenvalue weighted by molar-refractivity contribution is -0.121. The number of rotatable bonds is 3. The van der Waals surface area contributed by atoms with Crippen LogP contribution in [0.3, 0.4) is 0 Å². The van der Waals surface area contributed by atoms with E-state index in [-0.39, 0.29) is 11.8 Å². The number of amides is 2. The first-order chi connectivity index (χ1) is 15.1. The van der Waals surface area contributed by atoms with Gasteiger partial charge in [0.05, 0.1) is 0 Å². The van der Waals surface area contributed by atoms with Gasteiger partial charge < -0.3 is 15.2 Å². The molecule has 2 aliphatic rings. The lowest BCUT2D eigenvalue weighted by atomic mass is 9.95. The summed E-state index contributed by atoms with van der Waals surface area (Å²) in [6.07, 6.45) is 7.98. The highest BCUT2D eigenvalue weighted by Gasteiger charge is 2.37. The minimum atomic E-state index is -0.430. The first-order valence-corrected chi connectivity index (χ1v) is 10.4. The number of benzene rings is 1. The number of nitrogens with one attached hydrogen (secondary N) is 2. The quantitative estimate of drug-likeness (QED) is 0.641. The molecule has 2 N–H and O–H groups in total. The molecule has 8 heteroatoms. The number of hydrogen-bond donors (Lipinski definition) is 2. The highest BCUT2D eigenvalue weighted by Crippen LogP contribution is 2.40. The number of nitrogens with zero attached hydrogens (tertiary/aromatic N) is 4. The fourth-order valence-corrected chi connectivity index (χ4v) is 4.75. The zero-order valence-corrected chi connectivity index (χ0v) is 17.2. The van der Waals surface area contributed by atoms with Gasteiger partial charge >= 0.3 is 0 Å². The van der Waals surface area contributed by atoms with Crippen molar-refractivity contribution in [3.63, 3.8) is 0 Å². The van der Waals surface area contributed by atoms with E-state index in [2.05, 4.69) is 21.5 Å². The monoisotopic (exact) mass is 414 g/mol. The van der Waals surface area contributed by atoms with Gasteiger partial charge in [0.2, 0.25) is 5.91 Å². The van der Waals surface area contributed by atoms with Crippen molar-refractivity contribution >= 4 is 28.5 Å². The minimum Gasteiger partial charge on any atom is -0.355 e. The molecule has 4 heterocycles. The first kappa shape index (κ1) is 19.1. The summed E-state index contributed by atoms with van der Waals surface area (Å²) in [6, 6.07) is 7.13. The van der Waals surface area contributed by atoms with Gasteiger partial charge in [-0.3, -0.25) is 14.5 Å². The molecule has 31 heavy (non-hydrogen) atoms. The summed E-state index contributed by atoms with van der Waals surface area (Å²) in [5, 5.41) is 13.0. The molecule has 2 aliphatic heterocycles. The highest BCUT2D eigenvalue weighted by atomic mass is 16.2. The molecular weight excluding hydrogens is 392 g/mol. The van der Waals surface area contributed by atoms with Gasteiger partial charge in [-0.25, -0.2) is 4.98 Å². The number of H-pyrrole nitrogens is 1. The SMILES string of the molecule is CNC(=O)c1cc(-c2c[nH]c3ncccc23)c2c(c1)N(C(=O)[C@@H]1CCCN1C#N)CC2. The number of anilines is 1. The van der Waals surface area contributed by atoms with Crippen molar-refractivity contribution in [1.29, 1.82) is 5.26 Å². The van der Waals surface area contributed by atoms with Crippen molar-refractivity contribution in [2.75, 3.05) is 25.0 Å². The van der Waals surface area contributed by atoms with Gasteiger partial charge in [-0.2, -0.15) is 5.26 Å². The van der Waals surface area contributed by atoms with Gasteiger partial charge in [-0.15, -0.1) is 0 Å². The Morgan fingerprint density at radius 3 is 2.97 bits per heavy atom. The maximum Gasteiger partial charge on any atom is 0.251 e. The number of carbonyl (C=O) groups is 2. The van der Waals surface area contributed by atoms with Crippen molar-refractivity contribution in [3.05, 3.63) is 47.8 Å². The van der Waals surface area contributed by atoms with Gasteiger partial charge in [0.25, 0.3) is 5.91 Å². The Morgan fingerprint density at radius 2 is 2.16 bits per heavy atom. The van der Waals surface area contributed by atoms with Gasteiger partial charge in [-0.1, -0.05) is 0 Å². The maximum absolute atomic E-state index is 13.4. The van der Waals surface area contributed by atoms with E-state index in [1.54, 1.807) is 29.1 Å². The van der Waals surface area contributed by atoms with Crippen LogP contribution >= 0.6 is 0 Å². The second-order valence-electron chi connectivity index (χ2n) is 7.89. The molecule has 0 spiro atoms. The second kappa shape index (κ2) is 7.43. The van der Waals surface area contributed by atoms with Crippen LogP contribution in [0.1, 0.15) is 28.8 Å². The molecule has 2 aromatic heterocycles. The van der Waals surface area contributed by atoms with Crippen LogP contribution in [0.5, 0.6) is 0 Å². The Kier molecular flexibility index (Phi) is 4.59. The molecule has 8 nitrogen and oxygen atoms in total. The fourth-order valence-electron chi connectivity index (χ4n) is 4.75. The van der Waals surface area contributed by atoms with Crippen LogP contribution in [0.15, 0.2) is 36.7 Å². The number of nitriles is 1. The Balaban J connectivity index is 1.64. The van der Waals surface area contributed by atoms with Gasteiger partial charge in [-0.05, 0) is 54.7 Å². The van der Waals surface area contributed by atoms with E-state index >= 15 is 0 Å². The van der Waals surface area contributed by atoms with Crippen LogP contribution in [0, 0.1) is 11.5 Å². The van der Waals surface area contributed by atoms with E-state index in [9.17, 15) is 14.9 Å². The smallest absolute Gasteiger partial charge is 0.251 e. The summed E-state index contributed by atoms with van der Waals surface area (Å²) in [4.78, 5) is 36.8. The van der Waals surface area contributed by atoms with Crippen LogP contribution in [0.2, 0.25) is 0 Å². The Labute approximate surface area is 179 Å². The van der Waals surface area contributed by atoms with Crippen LogP contribution < -0.4 is 10.2 Å². The van der Waals surface area contributed by atoms with E-state index in [1.165, 1.54) is 0 Å². The summed E-state index contributed by atoms with van der Waals surface area (Å²) >= 11 is 0. The Bertz CT molecular complexity index is 1240. The molecule has 1 fully saturated rings. The largest absolute Gasteiger partial charge is 0.355 e. The zero-order chi connectivity index (χ0) is 21.5. The van der Waals surface area contributed by atoms with Crippen molar-refractivity contribution in [3.8, 4) is 17.3 Å². The van der Waals surface area contributed by atoms with Crippen molar-refractivity contribution in [2.45, 2.75) is 25.3 Å². The number of aromatic amines is 1. The molecule has 5 rings (SSSR count). The average Bonchev–Trinajstić information content (AvgIpc) is 3.55. The van der Waals surface area contributed by atoms with E-state index in [0.29, 0.717) is 31.5 Å². The summed E-state index contributed by atoms with van der Waals surface area (Å²) in [5.41, 5.74) is 4.94. The summed E-state index contributed by atoms with van der Waals surface area (Å²) in [7, 11) is 1.59. The van der Waals surface area contributed by atoms with E-state index in [0.717, 1.165) is 39.8 Å². The van der Waals surface area contributed by atoms with Crippen molar-refractivity contribution in [2.24, 2.45) is 0 Å². The molecule has 1 saturated heterocycles. The Hall–Kier alpha value is -3.86. The van der Waals surface area contributed by atoms with Gasteiger partial charge in [0.1, 0.15) is 11.7 Å². The first-order valence-electron chi connectivity index (χ1n) is 10.4. The van der Waals surface area contributed by atoms with Gasteiger partial charge in [0.15, 0.2) is 6.19 Å². The van der Waals surface area contributed by atoms with Crippen molar-refractivity contribution in [1.82, 2.24) is 20.2 Å². The molecule has 1 atom stereocenters. The number of fused-ring (bicyclic) bond motifs is 2. The lowest BCUT2D eigenvalue weighted by Gasteiger charge is -2.25. The zero-order valence-electron chi connectivity index (χ0n) is 17.2. The number of pyridine rings is 1. The molecule has 1 aromatic carbocycles. The third-order valence-corrected chi connectivity index (χ3v) is 6.27. The normalized spacial score (nSPS) is 17.6. The predicted octanol–water partition coefficient (Wildman–Crippen LogP) is 2.42. The fraction of sp³-hybridized carbons (Fsp3) is 0.304. The van der Waals surface area contributed by atoms with E-state index < -0.39 is 6.04 Å². The summed E-state index contributed by atoms with van der Waals surface area (Å²) in [5.74, 6) is -0.278. The molecule has 156 valence electrons. The third kappa shape index (κ3) is 3.01. The van der Waals surface area contributed by atoms with E-state index in [1.807, 2.05) is 24.4 Å². The second-order valence-corrected chi connectivity index (χ2v) is 7.89. The number of likely N-dealkylation sites (tertiary alicyclic amines) is 1. The number of hydrogen-bond acceptors (Lipinski definition) is 5. The molecule has 0 saturated carbocycles. The average molecular weight is 414 g/mol. The number of aromatic nitrogens is 2. The molecule has 0 aliphatic carbocycles. The molecule has 0 bridgehead atoms. The van der Waals surface area contributed by atoms with Crippen LogP contribution in [-0.2, 0) is 11.2 Å². The number of carbonyl (C=O) groups excluding carboxylic acids is 2. The minimum absolute atomic E-state index is 0.0709. The Morgan fingerprint density at radius 1 is 1.29 bits per heavy atom. The third-order valence-electron chi connectivity index (χ3n) is 6.27. The summed E-state index contributed by atoms with van der Waals surface area (Å²) in [6.45, 7) is 1.15. The highest BCUT2D eigenvalue weighted by molar-refractivity contribution is 6.05. The van der Waals surface area contributed by atoms with Crippen LogP contribution in [-0.4, -0.2) is 52.9 Å². The van der Waals surface area contributed by atoms with Crippen LogP contribution in [0.25, 0.3) is 22.2 Å². The van der Waals surface area contributed by atoms with Crippen LogP contribution in [0.4, 0.5) is 5.69 Å². The maximum atomic E-state index is 13.4. The molecule has 0 unspecified atom stereocenters. The molecule has 0 radical (unpaired) electrons. The topological polar surface area (TPSA) is 105 Å². The van der Waals surface area contributed by atoms with Crippen molar-refractivity contribution < 1.29 is 9.59 Å². The standard InChI is InChI=1S/C23H22N6O2/c1-25-22(30)14-10-17(18-12-27-21-16(18)4-2-7-26-21)15-6-9-29(20(15)11-14)23(31)19-5-3-8-28(19)13-24/h2,4,7,10-12,19H,3,5-6,8-9H2,1H3,(H,25,30)(H,26,27)/t19-/m0/s1. The molecular formula is C23H22N6O2.